The Labute approximate surface area is 135 Å². The summed E-state index contributed by atoms with van der Waals surface area (Å²) in [5.41, 5.74) is -7.31. The third kappa shape index (κ3) is 3.23. The SMILES string of the molecule is OC(c1cccc(Br)c1)(c1ccccc1C(F)(F)F)C(F)(F)F. The summed E-state index contributed by atoms with van der Waals surface area (Å²) in [6.45, 7) is 0. The van der Waals surface area contributed by atoms with Crippen molar-refractivity contribution in [1.82, 2.24) is 0 Å². The molecule has 0 aliphatic carbocycles. The molecule has 0 bridgehead atoms. The van der Waals surface area contributed by atoms with Crippen LogP contribution in [0.2, 0.25) is 0 Å². The van der Waals surface area contributed by atoms with Crippen molar-refractivity contribution >= 4 is 15.9 Å². The minimum Gasteiger partial charge on any atom is -0.372 e. The monoisotopic (exact) mass is 398 g/mol. The Kier molecular flexibility index (Phi) is 4.51. The lowest BCUT2D eigenvalue weighted by Crippen LogP contribution is -2.44. The van der Waals surface area contributed by atoms with Gasteiger partial charge < -0.3 is 5.11 Å². The molecule has 0 radical (unpaired) electrons. The first kappa shape index (κ1) is 17.8. The lowest BCUT2D eigenvalue weighted by atomic mass is 9.83. The van der Waals surface area contributed by atoms with Crippen molar-refractivity contribution in [2.24, 2.45) is 0 Å². The molecule has 0 heterocycles. The number of rotatable bonds is 2. The highest BCUT2D eigenvalue weighted by atomic mass is 79.9. The molecule has 124 valence electrons. The van der Waals surface area contributed by atoms with Gasteiger partial charge in [0.2, 0.25) is 5.60 Å². The van der Waals surface area contributed by atoms with Crippen LogP contribution in [0.15, 0.2) is 53.0 Å². The van der Waals surface area contributed by atoms with Crippen LogP contribution in [0, 0.1) is 0 Å². The lowest BCUT2D eigenvalue weighted by Gasteiger charge is -2.33. The summed E-state index contributed by atoms with van der Waals surface area (Å²) in [5, 5.41) is 10.3. The number of hydrogen-bond donors (Lipinski definition) is 1. The van der Waals surface area contributed by atoms with Crippen molar-refractivity contribution in [2.75, 3.05) is 0 Å². The number of aliphatic hydroxyl groups is 1. The molecular formula is C15H9BrF6O. The number of halogens is 7. The van der Waals surface area contributed by atoms with Gasteiger partial charge in [-0.1, -0.05) is 46.3 Å². The topological polar surface area (TPSA) is 20.2 Å². The van der Waals surface area contributed by atoms with Crippen molar-refractivity contribution in [2.45, 2.75) is 18.0 Å². The van der Waals surface area contributed by atoms with Gasteiger partial charge in [0.1, 0.15) is 0 Å². The molecule has 0 spiro atoms. The summed E-state index contributed by atoms with van der Waals surface area (Å²) < 4.78 is 80.0. The average molecular weight is 399 g/mol. The van der Waals surface area contributed by atoms with Gasteiger partial charge in [0.05, 0.1) is 5.56 Å². The first-order chi connectivity index (χ1) is 10.5. The predicted octanol–water partition coefficient (Wildman–Crippen LogP) is 5.27. The fourth-order valence-electron chi connectivity index (χ4n) is 2.23. The molecule has 0 fully saturated rings. The van der Waals surface area contributed by atoms with Gasteiger partial charge in [0.15, 0.2) is 0 Å². The maximum atomic E-state index is 13.5. The van der Waals surface area contributed by atoms with Crippen LogP contribution in [0.5, 0.6) is 0 Å². The molecule has 0 aliphatic rings. The highest BCUT2D eigenvalue weighted by Crippen LogP contribution is 2.48. The Morgan fingerprint density at radius 1 is 0.783 bits per heavy atom. The first-order valence-electron chi connectivity index (χ1n) is 6.20. The van der Waals surface area contributed by atoms with E-state index in [1.165, 1.54) is 12.1 Å². The van der Waals surface area contributed by atoms with E-state index in [9.17, 15) is 31.4 Å². The number of alkyl halides is 6. The van der Waals surface area contributed by atoms with Gasteiger partial charge in [-0.05, 0) is 23.8 Å². The molecule has 0 saturated heterocycles. The fraction of sp³-hybridized carbons (Fsp3) is 0.200. The molecule has 1 N–H and O–H groups in total. The molecule has 0 aliphatic heterocycles. The zero-order valence-corrected chi connectivity index (χ0v) is 12.8. The van der Waals surface area contributed by atoms with Crippen LogP contribution in [0.4, 0.5) is 26.3 Å². The van der Waals surface area contributed by atoms with Gasteiger partial charge in [0, 0.05) is 10.0 Å². The predicted molar refractivity (Wildman–Crippen MR) is 74.6 cm³/mol. The van der Waals surface area contributed by atoms with E-state index in [1.807, 2.05) is 0 Å². The summed E-state index contributed by atoms with van der Waals surface area (Å²) in [6, 6.07) is 7.55. The van der Waals surface area contributed by atoms with Gasteiger partial charge in [0.25, 0.3) is 0 Å². The largest absolute Gasteiger partial charge is 0.425 e. The Morgan fingerprint density at radius 3 is 1.83 bits per heavy atom. The van der Waals surface area contributed by atoms with Crippen LogP contribution < -0.4 is 0 Å². The molecular weight excluding hydrogens is 390 g/mol. The van der Waals surface area contributed by atoms with Crippen LogP contribution in [0.25, 0.3) is 0 Å². The highest BCUT2D eigenvalue weighted by Gasteiger charge is 2.58. The quantitative estimate of drug-likeness (QED) is 0.683. The zero-order valence-electron chi connectivity index (χ0n) is 11.2. The molecule has 23 heavy (non-hydrogen) atoms. The third-order valence-electron chi connectivity index (χ3n) is 3.27. The molecule has 2 rings (SSSR count). The van der Waals surface area contributed by atoms with Crippen molar-refractivity contribution in [3.05, 3.63) is 69.7 Å². The van der Waals surface area contributed by atoms with Crippen molar-refractivity contribution in [3.63, 3.8) is 0 Å². The van der Waals surface area contributed by atoms with E-state index in [4.69, 9.17) is 0 Å². The smallest absolute Gasteiger partial charge is 0.372 e. The van der Waals surface area contributed by atoms with E-state index in [0.29, 0.717) is 12.1 Å². The second kappa shape index (κ2) is 5.83. The Hall–Kier alpha value is -1.54. The van der Waals surface area contributed by atoms with Gasteiger partial charge >= 0.3 is 12.4 Å². The summed E-state index contributed by atoms with van der Waals surface area (Å²) in [6.07, 6.45) is -10.4. The van der Waals surface area contributed by atoms with Gasteiger partial charge in [-0.15, -0.1) is 0 Å². The van der Waals surface area contributed by atoms with Gasteiger partial charge in [-0.2, -0.15) is 26.3 Å². The van der Waals surface area contributed by atoms with E-state index in [1.54, 1.807) is 0 Å². The molecule has 2 aromatic rings. The summed E-state index contributed by atoms with van der Waals surface area (Å²) >= 11 is 2.95. The van der Waals surface area contributed by atoms with Crippen LogP contribution in [0.3, 0.4) is 0 Å². The summed E-state index contributed by atoms with van der Waals surface area (Å²) in [4.78, 5) is 0. The molecule has 0 amide bonds. The van der Waals surface area contributed by atoms with E-state index in [2.05, 4.69) is 15.9 Å². The second-order valence-electron chi connectivity index (χ2n) is 4.76. The molecule has 8 heteroatoms. The standard InChI is InChI=1S/C15H9BrF6O/c16-10-5-3-4-9(8-10)13(23,15(20,21)22)11-6-1-2-7-12(11)14(17,18)19/h1-8,23H. The Morgan fingerprint density at radius 2 is 1.35 bits per heavy atom. The van der Waals surface area contributed by atoms with E-state index >= 15 is 0 Å². The third-order valence-corrected chi connectivity index (χ3v) is 3.77. The number of hydrogen-bond acceptors (Lipinski definition) is 1. The van der Waals surface area contributed by atoms with Crippen LogP contribution >= 0.6 is 15.9 Å². The molecule has 0 saturated carbocycles. The maximum absolute atomic E-state index is 13.5. The van der Waals surface area contributed by atoms with Crippen molar-refractivity contribution in [1.29, 1.82) is 0 Å². The minimum atomic E-state index is -5.35. The van der Waals surface area contributed by atoms with Crippen LogP contribution in [-0.2, 0) is 11.8 Å². The average Bonchev–Trinajstić information content (AvgIpc) is 2.44. The van der Waals surface area contributed by atoms with E-state index in [0.717, 1.165) is 24.3 Å². The molecule has 1 unspecified atom stereocenters. The number of benzene rings is 2. The summed E-state index contributed by atoms with van der Waals surface area (Å²) in [7, 11) is 0. The lowest BCUT2D eigenvalue weighted by molar-refractivity contribution is -0.250. The highest BCUT2D eigenvalue weighted by molar-refractivity contribution is 9.10. The zero-order chi connectivity index (χ0) is 17.5. The van der Waals surface area contributed by atoms with Gasteiger partial charge in [-0.25, -0.2) is 0 Å². The van der Waals surface area contributed by atoms with Crippen LogP contribution in [-0.4, -0.2) is 11.3 Å². The van der Waals surface area contributed by atoms with Crippen LogP contribution in [0.1, 0.15) is 16.7 Å². The maximum Gasteiger partial charge on any atom is 0.425 e. The second-order valence-corrected chi connectivity index (χ2v) is 5.68. The van der Waals surface area contributed by atoms with E-state index < -0.39 is 34.6 Å². The van der Waals surface area contributed by atoms with E-state index in [-0.39, 0.29) is 4.47 Å². The van der Waals surface area contributed by atoms with Crippen molar-refractivity contribution < 1.29 is 31.4 Å². The molecule has 2 aromatic carbocycles. The molecule has 1 atom stereocenters. The molecule has 0 aromatic heterocycles. The van der Waals surface area contributed by atoms with Gasteiger partial charge in [-0.3, -0.25) is 0 Å². The van der Waals surface area contributed by atoms with Crippen molar-refractivity contribution in [3.8, 4) is 0 Å². The Balaban J connectivity index is 2.82. The minimum absolute atomic E-state index is 0.196. The normalized spacial score (nSPS) is 15.3. The summed E-state index contributed by atoms with van der Waals surface area (Å²) in [5.74, 6) is 0. The fourth-order valence-corrected chi connectivity index (χ4v) is 2.63. The molecule has 1 nitrogen and oxygen atoms in total. The first-order valence-corrected chi connectivity index (χ1v) is 6.99. The Bertz CT molecular complexity index is 710.